The molecule has 3 heterocycles. The molecule has 192 valence electrons. The van der Waals surface area contributed by atoms with E-state index >= 15 is 0 Å². The van der Waals surface area contributed by atoms with E-state index in [1.54, 1.807) is 43.6 Å². The lowest BCUT2D eigenvalue weighted by molar-refractivity contribution is -0.133. The Morgan fingerprint density at radius 2 is 1.78 bits per heavy atom. The largest absolute Gasteiger partial charge is 0.497 e. The summed E-state index contributed by atoms with van der Waals surface area (Å²) in [6.07, 6.45) is 0. The summed E-state index contributed by atoms with van der Waals surface area (Å²) in [6.45, 7) is 2.62. The summed E-state index contributed by atoms with van der Waals surface area (Å²) in [6, 6.07) is 16.9. The second kappa shape index (κ2) is 9.82. The molecule has 0 saturated carbocycles. The summed E-state index contributed by atoms with van der Waals surface area (Å²) in [5.41, 5.74) is 1.05. The van der Waals surface area contributed by atoms with E-state index in [1.807, 2.05) is 65.4 Å². The van der Waals surface area contributed by atoms with Crippen molar-refractivity contribution in [2.45, 2.75) is 32.1 Å². The highest BCUT2D eigenvalue weighted by Crippen LogP contribution is 2.37. The number of carbonyl (C=O) groups is 2. The fourth-order valence-electron chi connectivity index (χ4n) is 4.87. The van der Waals surface area contributed by atoms with Gasteiger partial charge in [0.15, 0.2) is 0 Å². The molecule has 37 heavy (non-hydrogen) atoms. The van der Waals surface area contributed by atoms with Crippen molar-refractivity contribution in [3.05, 3.63) is 76.8 Å². The average molecular weight is 520 g/mol. The molecule has 0 saturated heterocycles. The van der Waals surface area contributed by atoms with Crippen LogP contribution in [0, 0.1) is 0 Å². The topological polar surface area (TPSA) is 82.0 Å². The zero-order valence-corrected chi connectivity index (χ0v) is 22.1. The maximum absolute atomic E-state index is 14.0. The van der Waals surface area contributed by atoms with Crippen LogP contribution in [-0.4, -0.2) is 48.1 Å². The van der Waals surface area contributed by atoms with E-state index in [1.165, 1.54) is 0 Å². The lowest BCUT2D eigenvalue weighted by atomic mass is 9.93. The van der Waals surface area contributed by atoms with Gasteiger partial charge in [-0.1, -0.05) is 18.2 Å². The highest BCUT2D eigenvalue weighted by atomic mass is 32.1. The van der Waals surface area contributed by atoms with Gasteiger partial charge >= 0.3 is 0 Å². The molecule has 8 nitrogen and oxygen atoms in total. The van der Waals surface area contributed by atoms with E-state index in [9.17, 15) is 9.59 Å². The molecule has 1 unspecified atom stereocenters. The molecule has 1 aliphatic heterocycles. The number of nitrogens with one attached hydrogen (secondary N) is 1. The van der Waals surface area contributed by atoms with Gasteiger partial charge in [-0.2, -0.15) is 0 Å². The number of hydrogen-bond donors (Lipinski definition) is 1. The van der Waals surface area contributed by atoms with Gasteiger partial charge in [-0.15, -0.1) is 11.3 Å². The number of amides is 2. The number of aromatic nitrogens is 1. The number of rotatable bonds is 8. The number of thiophene rings is 1. The number of ether oxygens (including phenoxy) is 3. The normalized spacial score (nSPS) is 17.0. The van der Waals surface area contributed by atoms with Crippen LogP contribution >= 0.6 is 11.3 Å². The molecular formula is C28H29N3O5S. The monoisotopic (exact) mass is 519 g/mol. The van der Waals surface area contributed by atoms with Gasteiger partial charge in [-0.25, -0.2) is 0 Å². The van der Waals surface area contributed by atoms with E-state index in [0.717, 1.165) is 21.3 Å². The predicted molar refractivity (Wildman–Crippen MR) is 142 cm³/mol. The minimum absolute atomic E-state index is 0.198. The van der Waals surface area contributed by atoms with Crippen LogP contribution in [0.15, 0.2) is 60.0 Å². The van der Waals surface area contributed by atoms with E-state index < -0.39 is 5.54 Å². The fourth-order valence-corrected chi connectivity index (χ4v) is 5.77. The van der Waals surface area contributed by atoms with Crippen LogP contribution in [0.4, 0.5) is 0 Å². The van der Waals surface area contributed by atoms with Gasteiger partial charge in [0.05, 0.1) is 34.4 Å². The molecule has 0 aliphatic carbocycles. The summed E-state index contributed by atoms with van der Waals surface area (Å²) < 4.78 is 18.3. The SMILES string of the molecule is COc1ccc(CN2C(=O)c3cc4ccsc4n3CC2(C)C(=O)NCc2ccccc2OC)c(OC)c1. The first-order valence-corrected chi connectivity index (χ1v) is 12.8. The minimum Gasteiger partial charge on any atom is -0.497 e. The van der Waals surface area contributed by atoms with E-state index in [2.05, 4.69) is 5.32 Å². The lowest BCUT2D eigenvalue weighted by Gasteiger charge is -2.44. The quantitative estimate of drug-likeness (QED) is 0.372. The van der Waals surface area contributed by atoms with E-state index in [-0.39, 0.29) is 24.9 Å². The molecule has 2 amide bonds. The Bertz CT molecular complexity index is 1480. The summed E-state index contributed by atoms with van der Waals surface area (Å²) in [4.78, 5) is 30.5. The van der Waals surface area contributed by atoms with Crippen LogP contribution in [0.1, 0.15) is 28.5 Å². The molecule has 1 atom stereocenters. The summed E-state index contributed by atoms with van der Waals surface area (Å²) >= 11 is 1.56. The van der Waals surface area contributed by atoms with Gasteiger partial charge in [0.2, 0.25) is 5.91 Å². The van der Waals surface area contributed by atoms with Crippen molar-refractivity contribution in [2.75, 3.05) is 21.3 Å². The smallest absolute Gasteiger partial charge is 0.271 e. The Kier molecular flexibility index (Phi) is 6.55. The van der Waals surface area contributed by atoms with Crippen molar-refractivity contribution in [3.63, 3.8) is 0 Å². The Morgan fingerprint density at radius 3 is 2.54 bits per heavy atom. The maximum Gasteiger partial charge on any atom is 0.271 e. The number of nitrogens with zero attached hydrogens (tertiary/aromatic N) is 2. The molecule has 1 aliphatic rings. The van der Waals surface area contributed by atoms with Crippen molar-refractivity contribution in [3.8, 4) is 17.2 Å². The Labute approximate surface area is 219 Å². The average Bonchev–Trinajstić information content (AvgIpc) is 3.52. The number of hydrogen-bond acceptors (Lipinski definition) is 6. The highest BCUT2D eigenvalue weighted by molar-refractivity contribution is 7.16. The van der Waals surface area contributed by atoms with E-state index in [4.69, 9.17) is 14.2 Å². The molecule has 5 rings (SSSR count). The van der Waals surface area contributed by atoms with Crippen LogP contribution < -0.4 is 19.5 Å². The van der Waals surface area contributed by atoms with Crippen molar-refractivity contribution in [2.24, 2.45) is 0 Å². The third-order valence-corrected chi connectivity index (χ3v) is 7.92. The van der Waals surface area contributed by atoms with Gasteiger partial charge in [-0.05, 0) is 42.6 Å². The summed E-state index contributed by atoms with van der Waals surface area (Å²) in [7, 11) is 4.77. The zero-order chi connectivity index (χ0) is 26.2. The highest BCUT2D eigenvalue weighted by Gasteiger charge is 2.48. The number of benzene rings is 2. The summed E-state index contributed by atoms with van der Waals surface area (Å²) in [5.74, 6) is 1.48. The van der Waals surface area contributed by atoms with Crippen LogP contribution in [-0.2, 0) is 24.4 Å². The Balaban J connectivity index is 1.52. The van der Waals surface area contributed by atoms with Gasteiger partial charge in [0, 0.05) is 29.1 Å². The molecule has 0 spiro atoms. The molecule has 0 fully saturated rings. The molecule has 4 aromatic rings. The molecule has 0 bridgehead atoms. The number of fused-ring (bicyclic) bond motifs is 3. The van der Waals surface area contributed by atoms with Crippen LogP contribution in [0.25, 0.3) is 10.2 Å². The number of carbonyl (C=O) groups excluding carboxylic acids is 2. The third kappa shape index (κ3) is 4.29. The molecule has 2 aromatic carbocycles. The van der Waals surface area contributed by atoms with Gasteiger partial charge in [0.1, 0.15) is 33.3 Å². The Hall–Kier alpha value is -3.98. The second-order valence-corrected chi connectivity index (χ2v) is 10.0. The van der Waals surface area contributed by atoms with Gasteiger partial charge in [-0.3, -0.25) is 9.59 Å². The lowest BCUT2D eigenvalue weighted by Crippen LogP contribution is -2.63. The first-order chi connectivity index (χ1) is 17.9. The first kappa shape index (κ1) is 24.7. The van der Waals surface area contributed by atoms with Crippen LogP contribution in [0.5, 0.6) is 17.2 Å². The molecule has 2 aromatic heterocycles. The zero-order valence-electron chi connectivity index (χ0n) is 21.2. The molecule has 1 N–H and O–H groups in total. The van der Waals surface area contributed by atoms with Crippen molar-refractivity contribution in [1.29, 1.82) is 0 Å². The van der Waals surface area contributed by atoms with E-state index in [0.29, 0.717) is 29.5 Å². The molecule has 9 heteroatoms. The van der Waals surface area contributed by atoms with Gasteiger partial charge < -0.3 is 29.0 Å². The number of methoxy groups -OCH3 is 3. The second-order valence-electron chi connectivity index (χ2n) is 9.13. The molecular weight excluding hydrogens is 490 g/mol. The third-order valence-electron chi connectivity index (χ3n) is 6.97. The maximum atomic E-state index is 14.0. The standard InChI is InChI=1S/C28H29N3O5S/c1-28(27(33)29-15-19-7-5-6-8-23(19)35-3)17-30-22(13-18-11-12-37-26(18)30)25(32)31(28)16-20-9-10-21(34-2)14-24(20)36-4/h5-14H,15-17H2,1-4H3,(H,29,33). The van der Waals surface area contributed by atoms with Crippen LogP contribution in [0.3, 0.4) is 0 Å². The van der Waals surface area contributed by atoms with Crippen molar-refractivity contribution < 1.29 is 23.8 Å². The first-order valence-electron chi connectivity index (χ1n) is 11.9. The van der Waals surface area contributed by atoms with Gasteiger partial charge in [0.25, 0.3) is 5.91 Å². The Morgan fingerprint density at radius 1 is 1.00 bits per heavy atom. The van der Waals surface area contributed by atoms with Crippen molar-refractivity contribution >= 4 is 33.4 Å². The predicted octanol–water partition coefficient (Wildman–Crippen LogP) is 4.46. The molecule has 0 radical (unpaired) electrons. The van der Waals surface area contributed by atoms with Crippen molar-refractivity contribution in [1.82, 2.24) is 14.8 Å². The minimum atomic E-state index is -1.16. The summed E-state index contributed by atoms with van der Waals surface area (Å²) in [5, 5.41) is 6.05. The number of para-hydroxylation sites is 1. The fraction of sp³-hybridized carbons (Fsp3) is 0.286. The van der Waals surface area contributed by atoms with Crippen LogP contribution in [0.2, 0.25) is 0 Å².